The van der Waals surface area contributed by atoms with Gasteiger partial charge in [-0.2, -0.15) is 4.31 Å². The number of hydrogen-bond donors (Lipinski definition) is 1. The second-order valence-electron chi connectivity index (χ2n) is 8.37. The summed E-state index contributed by atoms with van der Waals surface area (Å²) in [7, 11) is -4.12. The van der Waals surface area contributed by atoms with E-state index < -0.39 is 68.9 Å². The number of nitrogens with zero attached hydrogens (tertiary/aromatic N) is 2. The maximum Gasteiger partial charge on any atom is 0.308 e. The summed E-state index contributed by atoms with van der Waals surface area (Å²) in [4.78, 5) is 34.9. The number of esters is 1. The first-order valence-corrected chi connectivity index (χ1v) is 12.7. The average Bonchev–Trinajstić information content (AvgIpc) is 2.89. The molecular weight excluding hydrogens is 524 g/mol. The van der Waals surface area contributed by atoms with Crippen molar-refractivity contribution in [2.45, 2.75) is 23.8 Å². The van der Waals surface area contributed by atoms with E-state index in [2.05, 4.69) is 5.32 Å². The fraction of sp³-hybridized carbons (Fsp3) is 0.200. The number of carbonyl (C=O) groups excluding carboxylic acids is 2. The quantitative estimate of drug-likeness (QED) is 0.259. The smallest absolute Gasteiger partial charge is 0.308 e. The molecule has 0 saturated heterocycles. The number of halogens is 2. The Labute approximate surface area is 216 Å². The Morgan fingerprint density at radius 2 is 1.79 bits per heavy atom. The number of non-ortho nitro benzene ring substituents is 1. The summed E-state index contributed by atoms with van der Waals surface area (Å²) in [5.41, 5.74) is 0.523. The van der Waals surface area contributed by atoms with E-state index in [4.69, 9.17) is 4.74 Å². The summed E-state index contributed by atoms with van der Waals surface area (Å²) < 4.78 is 60.2. The van der Waals surface area contributed by atoms with Gasteiger partial charge in [0.1, 0.15) is 11.6 Å². The number of sulfonamides is 1. The van der Waals surface area contributed by atoms with Crippen LogP contribution in [-0.4, -0.2) is 42.7 Å². The second-order valence-corrected chi connectivity index (χ2v) is 10.3. The summed E-state index contributed by atoms with van der Waals surface area (Å²) in [5, 5.41) is 13.0. The van der Waals surface area contributed by atoms with Crippen LogP contribution in [0.15, 0.2) is 71.6 Å². The zero-order valence-corrected chi connectivity index (χ0v) is 20.5. The fourth-order valence-electron chi connectivity index (χ4n) is 4.14. The Hall–Kier alpha value is -4.23. The van der Waals surface area contributed by atoms with E-state index in [1.165, 1.54) is 0 Å². The molecule has 0 spiro atoms. The Balaban J connectivity index is 1.49. The molecule has 0 radical (unpaired) electrons. The number of hydrogen-bond acceptors (Lipinski definition) is 7. The van der Waals surface area contributed by atoms with Crippen LogP contribution >= 0.6 is 0 Å². The normalized spacial score (nSPS) is 15.4. The van der Waals surface area contributed by atoms with Gasteiger partial charge in [-0.1, -0.05) is 24.3 Å². The highest BCUT2D eigenvalue weighted by atomic mass is 32.2. The van der Waals surface area contributed by atoms with Crippen LogP contribution in [0.1, 0.15) is 23.6 Å². The largest absolute Gasteiger partial charge is 0.456 e. The van der Waals surface area contributed by atoms with Crippen molar-refractivity contribution in [1.29, 1.82) is 0 Å². The summed E-state index contributed by atoms with van der Waals surface area (Å²) in [6, 6.07) is 12.9. The topological polar surface area (TPSA) is 136 Å². The van der Waals surface area contributed by atoms with Crippen LogP contribution in [0, 0.1) is 21.7 Å². The molecular formula is C25H21F2N3O7S. The second kappa shape index (κ2) is 11.0. The zero-order valence-electron chi connectivity index (χ0n) is 19.7. The van der Waals surface area contributed by atoms with Crippen LogP contribution < -0.4 is 5.32 Å². The first-order chi connectivity index (χ1) is 18.1. The molecule has 0 saturated carbocycles. The minimum Gasteiger partial charge on any atom is -0.456 e. The number of rotatable bonds is 8. The maximum absolute atomic E-state index is 13.9. The molecule has 3 aromatic carbocycles. The predicted molar refractivity (Wildman–Crippen MR) is 130 cm³/mol. The summed E-state index contributed by atoms with van der Waals surface area (Å²) in [5.74, 6) is -3.37. The molecule has 4 rings (SSSR count). The number of anilines is 1. The van der Waals surface area contributed by atoms with Gasteiger partial charge in [-0.05, 0) is 47.9 Å². The van der Waals surface area contributed by atoms with E-state index in [1.807, 2.05) is 6.07 Å². The Morgan fingerprint density at radius 1 is 1.08 bits per heavy atom. The molecule has 0 aromatic heterocycles. The van der Waals surface area contributed by atoms with E-state index in [1.54, 1.807) is 18.2 Å². The number of carbonyl (C=O) groups is 2. The highest BCUT2D eigenvalue weighted by molar-refractivity contribution is 7.89. The highest BCUT2D eigenvalue weighted by Gasteiger charge is 2.38. The molecule has 0 bridgehead atoms. The standard InChI is InChI=1S/C25H21F2N3O7S/c26-17-5-8-19(9-6-17)38(35,36)29-12-11-16-3-1-2-4-20(16)23(29)14-25(32)37-15-24(31)28-22-13-18(30(33)34)7-10-21(22)27/h1-10,13,23H,11-12,14-15H2,(H,28,31). The Bertz CT molecular complexity index is 1500. The Morgan fingerprint density at radius 3 is 2.50 bits per heavy atom. The molecule has 0 aliphatic carbocycles. The van der Waals surface area contributed by atoms with Crippen LogP contribution in [0.4, 0.5) is 20.2 Å². The average molecular weight is 546 g/mol. The van der Waals surface area contributed by atoms with Crippen LogP contribution in [0.2, 0.25) is 0 Å². The van der Waals surface area contributed by atoms with Crippen LogP contribution in [0.25, 0.3) is 0 Å². The highest BCUT2D eigenvalue weighted by Crippen LogP contribution is 2.36. The third-order valence-electron chi connectivity index (χ3n) is 5.94. The summed E-state index contributed by atoms with van der Waals surface area (Å²) in [6.45, 7) is -0.777. The van der Waals surface area contributed by atoms with Gasteiger partial charge in [0.15, 0.2) is 6.61 Å². The van der Waals surface area contributed by atoms with Crippen molar-refractivity contribution in [3.05, 3.63) is 99.6 Å². The monoisotopic (exact) mass is 545 g/mol. The first kappa shape index (κ1) is 26.8. The summed E-state index contributed by atoms with van der Waals surface area (Å²) in [6.07, 6.45) is -0.0464. The van der Waals surface area contributed by atoms with Crippen LogP contribution in [0.3, 0.4) is 0 Å². The van der Waals surface area contributed by atoms with Crippen molar-refractivity contribution in [3.63, 3.8) is 0 Å². The van der Waals surface area contributed by atoms with Gasteiger partial charge in [-0.25, -0.2) is 17.2 Å². The minimum atomic E-state index is -4.12. The lowest BCUT2D eigenvalue weighted by Crippen LogP contribution is -2.41. The molecule has 3 aromatic rings. The van der Waals surface area contributed by atoms with Crippen molar-refractivity contribution in [2.75, 3.05) is 18.5 Å². The van der Waals surface area contributed by atoms with Gasteiger partial charge >= 0.3 is 5.97 Å². The van der Waals surface area contributed by atoms with E-state index >= 15 is 0 Å². The number of nitro groups is 1. The fourth-order valence-corrected chi connectivity index (χ4v) is 5.75. The lowest BCUT2D eigenvalue weighted by Gasteiger charge is -2.36. The number of nitro benzene ring substituents is 1. The van der Waals surface area contributed by atoms with Gasteiger partial charge in [0.05, 0.1) is 28.0 Å². The minimum absolute atomic E-state index is 0.0568. The summed E-state index contributed by atoms with van der Waals surface area (Å²) >= 11 is 0. The van der Waals surface area contributed by atoms with Crippen molar-refractivity contribution in [2.24, 2.45) is 0 Å². The third kappa shape index (κ3) is 5.84. The zero-order chi connectivity index (χ0) is 27.4. The molecule has 1 N–H and O–H groups in total. The van der Waals surface area contributed by atoms with Crippen LogP contribution in [0.5, 0.6) is 0 Å². The van der Waals surface area contributed by atoms with Gasteiger partial charge in [-0.3, -0.25) is 19.7 Å². The number of ether oxygens (including phenoxy) is 1. The molecule has 1 unspecified atom stereocenters. The number of fused-ring (bicyclic) bond motifs is 1. The van der Waals surface area contributed by atoms with E-state index in [9.17, 15) is 36.9 Å². The molecule has 1 heterocycles. The van der Waals surface area contributed by atoms with Crippen molar-refractivity contribution in [3.8, 4) is 0 Å². The van der Waals surface area contributed by atoms with Gasteiger partial charge < -0.3 is 10.1 Å². The van der Waals surface area contributed by atoms with Gasteiger partial charge in [-0.15, -0.1) is 0 Å². The lowest BCUT2D eigenvalue weighted by atomic mass is 9.92. The molecule has 38 heavy (non-hydrogen) atoms. The SMILES string of the molecule is O=C(COC(=O)CC1c2ccccc2CCN1S(=O)(=O)c1ccc(F)cc1)Nc1cc([N+](=O)[O-])ccc1F. The van der Waals surface area contributed by atoms with Crippen LogP contribution in [-0.2, 0) is 30.8 Å². The van der Waals surface area contributed by atoms with E-state index in [-0.39, 0.29) is 11.4 Å². The molecule has 1 aliphatic heterocycles. The van der Waals surface area contributed by atoms with Crippen molar-refractivity contribution in [1.82, 2.24) is 4.31 Å². The Kier molecular flexibility index (Phi) is 7.78. The van der Waals surface area contributed by atoms with Gasteiger partial charge in [0, 0.05) is 18.7 Å². The maximum atomic E-state index is 13.9. The number of amides is 1. The predicted octanol–water partition coefficient (Wildman–Crippen LogP) is 3.73. The number of nitrogens with one attached hydrogen (secondary N) is 1. The van der Waals surface area contributed by atoms with Crippen molar-refractivity contribution < 1.29 is 36.4 Å². The molecule has 10 nitrogen and oxygen atoms in total. The van der Waals surface area contributed by atoms with E-state index in [0.29, 0.717) is 12.0 Å². The molecule has 1 atom stereocenters. The molecule has 1 amide bonds. The lowest BCUT2D eigenvalue weighted by molar-refractivity contribution is -0.384. The van der Waals surface area contributed by atoms with Crippen molar-refractivity contribution >= 4 is 33.3 Å². The third-order valence-corrected chi connectivity index (χ3v) is 7.86. The molecule has 0 fully saturated rings. The first-order valence-electron chi connectivity index (χ1n) is 11.3. The van der Waals surface area contributed by atoms with Gasteiger partial charge in [0.2, 0.25) is 10.0 Å². The number of benzene rings is 3. The molecule has 13 heteroatoms. The molecule has 198 valence electrons. The van der Waals surface area contributed by atoms with E-state index in [0.717, 1.165) is 52.3 Å². The van der Waals surface area contributed by atoms with Gasteiger partial charge in [0.25, 0.3) is 11.6 Å². The molecule has 1 aliphatic rings.